The lowest BCUT2D eigenvalue weighted by Crippen LogP contribution is -2.16. The summed E-state index contributed by atoms with van der Waals surface area (Å²) in [5.74, 6) is -1.51. The molecule has 3 rings (SSSR count). The van der Waals surface area contributed by atoms with Gasteiger partial charge >= 0.3 is 0 Å². The number of hydrogen-bond donors (Lipinski definition) is 2. The number of amides is 1. The second-order valence-corrected chi connectivity index (χ2v) is 5.20. The van der Waals surface area contributed by atoms with Gasteiger partial charge in [-0.3, -0.25) is 4.79 Å². The highest BCUT2D eigenvalue weighted by Gasteiger charge is 2.15. The Kier molecular flexibility index (Phi) is 5.02. The molecule has 0 aliphatic rings. The summed E-state index contributed by atoms with van der Waals surface area (Å²) in [6, 6.07) is 11.8. The summed E-state index contributed by atoms with van der Waals surface area (Å²) in [5.41, 5.74) is 0.112. The first-order chi connectivity index (χ1) is 12.6. The SMILES string of the molecule is COc1cccc(Nc2cc(C(=O)Nc3c(F)cccc3F)ncn2)c1. The Balaban J connectivity index is 1.79. The number of hydrogen-bond acceptors (Lipinski definition) is 5. The summed E-state index contributed by atoms with van der Waals surface area (Å²) < 4.78 is 32.4. The quantitative estimate of drug-likeness (QED) is 0.728. The third-order valence-electron chi connectivity index (χ3n) is 3.44. The lowest BCUT2D eigenvalue weighted by Gasteiger charge is -2.09. The molecule has 2 aromatic carbocycles. The molecule has 1 aromatic heterocycles. The molecular weight excluding hydrogens is 342 g/mol. The van der Waals surface area contributed by atoms with Gasteiger partial charge in [-0.15, -0.1) is 0 Å². The van der Waals surface area contributed by atoms with E-state index in [2.05, 4.69) is 20.6 Å². The lowest BCUT2D eigenvalue weighted by molar-refractivity contribution is 0.102. The van der Waals surface area contributed by atoms with Crippen molar-refractivity contribution in [3.05, 3.63) is 72.2 Å². The lowest BCUT2D eigenvalue weighted by atomic mass is 10.2. The molecule has 26 heavy (non-hydrogen) atoms. The Morgan fingerprint density at radius 3 is 2.50 bits per heavy atom. The molecule has 8 heteroatoms. The Hall–Kier alpha value is -3.55. The zero-order valence-electron chi connectivity index (χ0n) is 13.7. The number of benzene rings is 2. The van der Waals surface area contributed by atoms with Crippen molar-refractivity contribution in [2.75, 3.05) is 17.7 Å². The smallest absolute Gasteiger partial charge is 0.274 e. The average Bonchev–Trinajstić information content (AvgIpc) is 2.65. The largest absolute Gasteiger partial charge is 0.497 e. The van der Waals surface area contributed by atoms with Crippen molar-refractivity contribution in [2.24, 2.45) is 0 Å². The Bertz CT molecular complexity index is 930. The normalized spacial score (nSPS) is 10.3. The van der Waals surface area contributed by atoms with Crippen LogP contribution in [0.1, 0.15) is 10.5 Å². The molecule has 3 aromatic rings. The third-order valence-corrected chi connectivity index (χ3v) is 3.44. The standard InChI is InChI=1S/C18H14F2N4O2/c1-26-12-5-2-4-11(8-12)23-16-9-15(21-10-22-16)18(25)24-17-13(19)6-3-7-14(17)20/h2-10H,1H3,(H,24,25)(H,21,22,23). The zero-order valence-corrected chi connectivity index (χ0v) is 13.7. The maximum Gasteiger partial charge on any atom is 0.274 e. The first-order valence-corrected chi connectivity index (χ1v) is 7.55. The predicted molar refractivity (Wildman–Crippen MR) is 92.6 cm³/mol. The molecule has 2 N–H and O–H groups in total. The van der Waals surface area contributed by atoms with Gasteiger partial charge < -0.3 is 15.4 Å². The predicted octanol–water partition coefficient (Wildman–Crippen LogP) is 3.76. The molecule has 1 heterocycles. The second-order valence-electron chi connectivity index (χ2n) is 5.20. The van der Waals surface area contributed by atoms with Crippen molar-refractivity contribution in [3.63, 3.8) is 0 Å². The maximum absolute atomic E-state index is 13.7. The fourth-order valence-electron chi connectivity index (χ4n) is 2.19. The number of para-hydroxylation sites is 1. The van der Waals surface area contributed by atoms with Crippen LogP contribution in [-0.2, 0) is 0 Å². The number of nitrogens with one attached hydrogen (secondary N) is 2. The number of aromatic nitrogens is 2. The van der Waals surface area contributed by atoms with Gasteiger partial charge in [0.1, 0.15) is 40.9 Å². The molecule has 0 atom stereocenters. The molecule has 0 aliphatic heterocycles. The van der Waals surface area contributed by atoms with E-state index in [1.807, 2.05) is 0 Å². The van der Waals surface area contributed by atoms with Gasteiger partial charge in [-0.05, 0) is 24.3 Å². The van der Waals surface area contributed by atoms with Gasteiger partial charge in [-0.2, -0.15) is 0 Å². The Morgan fingerprint density at radius 1 is 1.04 bits per heavy atom. The van der Waals surface area contributed by atoms with E-state index in [0.29, 0.717) is 17.3 Å². The Labute approximate surface area is 147 Å². The van der Waals surface area contributed by atoms with Crippen molar-refractivity contribution in [1.29, 1.82) is 0 Å². The van der Waals surface area contributed by atoms with E-state index in [1.54, 1.807) is 31.4 Å². The zero-order chi connectivity index (χ0) is 18.5. The fraction of sp³-hybridized carbons (Fsp3) is 0.0556. The molecule has 0 unspecified atom stereocenters. The summed E-state index contributed by atoms with van der Waals surface area (Å²) in [6.07, 6.45) is 1.18. The molecule has 1 amide bonds. The first kappa shape index (κ1) is 17.3. The monoisotopic (exact) mass is 356 g/mol. The highest BCUT2D eigenvalue weighted by molar-refractivity contribution is 6.03. The molecule has 0 fully saturated rings. The van der Waals surface area contributed by atoms with Gasteiger partial charge in [-0.25, -0.2) is 18.7 Å². The number of halogens is 2. The van der Waals surface area contributed by atoms with E-state index in [1.165, 1.54) is 18.5 Å². The summed E-state index contributed by atoms with van der Waals surface area (Å²) in [7, 11) is 1.55. The summed E-state index contributed by atoms with van der Waals surface area (Å²) in [4.78, 5) is 20.1. The van der Waals surface area contributed by atoms with Crippen molar-refractivity contribution < 1.29 is 18.3 Å². The number of rotatable bonds is 5. The first-order valence-electron chi connectivity index (χ1n) is 7.55. The number of methoxy groups -OCH3 is 1. The maximum atomic E-state index is 13.7. The van der Waals surface area contributed by atoms with Crippen LogP contribution >= 0.6 is 0 Å². The van der Waals surface area contributed by atoms with E-state index in [-0.39, 0.29) is 5.69 Å². The van der Waals surface area contributed by atoms with Crippen LogP contribution in [0.2, 0.25) is 0 Å². The van der Waals surface area contributed by atoms with Gasteiger partial charge in [0.25, 0.3) is 5.91 Å². The van der Waals surface area contributed by atoms with Crippen molar-refractivity contribution in [3.8, 4) is 5.75 Å². The van der Waals surface area contributed by atoms with E-state index in [0.717, 1.165) is 12.1 Å². The van der Waals surface area contributed by atoms with E-state index in [4.69, 9.17) is 4.74 Å². The van der Waals surface area contributed by atoms with Crippen LogP contribution in [-0.4, -0.2) is 23.0 Å². The number of carbonyl (C=O) groups is 1. The van der Waals surface area contributed by atoms with Crippen molar-refractivity contribution in [1.82, 2.24) is 9.97 Å². The van der Waals surface area contributed by atoms with Gasteiger partial charge in [0.2, 0.25) is 0 Å². The van der Waals surface area contributed by atoms with Crippen LogP contribution in [0, 0.1) is 11.6 Å². The molecule has 0 saturated carbocycles. The van der Waals surface area contributed by atoms with Crippen molar-refractivity contribution in [2.45, 2.75) is 0 Å². The van der Waals surface area contributed by atoms with Crippen LogP contribution in [0.5, 0.6) is 5.75 Å². The highest BCUT2D eigenvalue weighted by atomic mass is 19.1. The van der Waals surface area contributed by atoms with Gasteiger partial charge in [-0.1, -0.05) is 12.1 Å². The van der Waals surface area contributed by atoms with Gasteiger partial charge in [0.15, 0.2) is 0 Å². The molecule has 0 bridgehead atoms. The molecule has 0 saturated heterocycles. The topological polar surface area (TPSA) is 76.1 Å². The fourth-order valence-corrected chi connectivity index (χ4v) is 2.19. The molecule has 0 spiro atoms. The number of nitrogens with zero attached hydrogens (tertiary/aromatic N) is 2. The Morgan fingerprint density at radius 2 is 1.77 bits per heavy atom. The third kappa shape index (κ3) is 3.92. The summed E-state index contributed by atoms with van der Waals surface area (Å²) in [5, 5.41) is 5.18. The molecule has 0 aliphatic carbocycles. The van der Waals surface area contributed by atoms with Crippen LogP contribution in [0.3, 0.4) is 0 Å². The minimum absolute atomic E-state index is 0.0481. The van der Waals surface area contributed by atoms with Crippen molar-refractivity contribution >= 4 is 23.1 Å². The summed E-state index contributed by atoms with van der Waals surface area (Å²) in [6.45, 7) is 0. The average molecular weight is 356 g/mol. The van der Waals surface area contributed by atoms with Crippen LogP contribution in [0.4, 0.5) is 26.0 Å². The molecular formula is C18H14F2N4O2. The number of carbonyl (C=O) groups excluding carboxylic acids is 1. The second kappa shape index (κ2) is 7.56. The molecule has 132 valence electrons. The van der Waals surface area contributed by atoms with E-state index in [9.17, 15) is 13.6 Å². The minimum atomic E-state index is -0.873. The summed E-state index contributed by atoms with van der Waals surface area (Å²) >= 11 is 0. The van der Waals surface area contributed by atoms with Gasteiger partial charge in [0.05, 0.1) is 7.11 Å². The highest BCUT2D eigenvalue weighted by Crippen LogP contribution is 2.21. The van der Waals surface area contributed by atoms with Crippen LogP contribution in [0.15, 0.2) is 54.9 Å². The van der Waals surface area contributed by atoms with E-state index >= 15 is 0 Å². The molecule has 6 nitrogen and oxygen atoms in total. The molecule has 0 radical (unpaired) electrons. The minimum Gasteiger partial charge on any atom is -0.497 e. The van der Waals surface area contributed by atoms with Crippen LogP contribution < -0.4 is 15.4 Å². The number of anilines is 3. The van der Waals surface area contributed by atoms with Crippen LogP contribution in [0.25, 0.3) is 0 Å². The van der Waals surface area contributed by atoms with E-state index < -0.39 is 23.2 Å². The number of ether oxygens (including phenoxy) is 1. The van der Waals surface area contributed by atoms with Gasteiger partial charge in [0, 0.05) is 17.8 Å².